The Kier molecular flexibility index (Phi) is 5.09. The zero-order valence-corrected chi connectivity index (χ0v) is 12.8. The maximum Gasteiger partial charge on any atom is 0.124 e. The molecule has 0 aliphatic heterocycles. The molecule has 2 aromatic rings. The SMILES string of the molecule is CCNC(Cc1ccnc(N)c1)c1cc(F)cc(Br)c1. The first-order valence-corrected chi connectivity index (χ1v) is 7.27. The van der Waals surface area contributed by atoms with Gasteiger partial charge in [-0.2, -0.15) is 0 Å². The van der Waals surface area contributed by atoms with Crippen molar-refractivity contribution in [1.82, 2.24) is 10.3 Å². The second-order valence-electron chi connectivity index (χ2n) is 4.61. The first-order valence-electron chi connectivity index (χ1n) is 6.48. The molecule has 0 spiro atoms. The summed E-state index contributed by atoms with van der Waals surface area (Å²) in [5.74, 6) is 0.254. The van der Waals surface area contributed by atoms with E-state index in [4.69, 9.17) is 5.73 Å². The van der Waals surface area contributed by atoms with E-state index in [-0.39, 0.29) is 11.9 Å². The van der Waals surface area contributed by atoms with Gasteiger partial charge in [-0.25, -0.2) is 9.37 Å². The van der Waals surface area contributed by atoms with E-state index in [0.29, 0.717) is 5.82 Å². The molecule has 106 valence electrons. The summed E-state index contributed by atoms with van der Waals surface area (Å²) in [6.45, 7) is 2.83. The van der Waals surface area contributed by atoms with Crippen LogP contribution in [0, 0.1) is 5.82 Å². The van der Waals surface area contributed by atoms with Gasteiger partial charge in [0.05, 0.1) is 0 Å². The number of hydrogen-bond acceptors (Lipinski definition) is 3. The molecule has 0 saturated heterocycles. The van der Waals surface area contributed by atoms with Gasteiger partial charge in [0.15, 0.2) is 0 Å². The summed E-state index contributed by atoms with van der Waals surface area (Å²) in [5, 5.41) is 3.37. The lowest BCUT2D eigenvalue weighted by Gasteiger charge is -2.19. The predicted molar refractivity (Wildman–Crippen MR) is 82.9 cm³/mol. The number of rotatable bonds is 5. The minimum absolute atomic E-state index is 0.0359. The van der Waals surface area contributed by atoms with Crippen LogP contribution in [0.15, 0.2) is 41.0 Å². The molecule has 1 heterocycles. The van der Waals surface area contributed by atoms with Gasteiger partial charge in [-0.3, -0.25) is 0 Å². The molecule has 0 saturated carbocycles. The molecule has 20 heavy (non-hydrogen) atoms. The molecule has 1 unspecified atom stereocenters. The van der Waals surface area contributed by atoms with Crippen molar-refractivity contribution in [3.05, 3.63) is 57.9 Å². The van der Waals surface area contributed by atoms with Crippen molar-refractivity contribution in [2.45, 2.75) is 19.4 Å². The summed E-state index contributed by atoms with van der Waals surface area (Å²) in [6, 6.07) is 8.75. The van der Waals surface area contributed by atoms with Gasteiger partial charge in [0, 0.05) is 16.7 Å². The van der Waals surface area contributed by atoms with Crippen LogP contribution in [0.4, 0.5) is 10.2 Å². The second-order valence-corrected chi connectivity index (χ2v) is 5.52. The number of anilines is 1. The van der Waals surface area contributed by atoms with Crippen LogP contribution in [-0.4, -0.2) is 11.5 Å². The minimum Gasteiger partial charge on any atom is -0.384 e. The second kappa shape index (κ2) is 6.81. The molecule has 1 aromatic carbocycles. The molecule has 1 aromatic heterocycles. The van der Waals surface area contributed by atoms with E-state index in [1.54, 1.807) is 12.3 Å². The molecule has 1 atom stereocenters. The van der Waals surface area contributed by atoms with Gasteiger partial charge >= 0.3 is 0 Å². The van der Waals surface area contributed by atoms with Gasteiger partial charge < -0.3 is 11.1 Å². The number of aromatic nitrogens is 1. The van der Waals surface area contributed by atoms with Crippen LogP contribution in [0.3, 0.4) is 0 Å². The van der Waals surface area contributed by atoms with Gasteiger partial charge in [0.25, 0.3) is 0 Å². The van der Waals surface area contributed by atoms with Crippen molar-refractivity contribution >= 4 is 21.7 Å². The Bertz CT molecular complexity index is 569. The van der Waals surface area contributed by atoms with Crippen molar-refractivity contribution in [1.29, 1.82) is 0 Å². The summed E-state index contributed by atoms with van der Waals surface area (Å²) < 4.78 is 14.3. The Morgan fingerprint density at radius 2 is 2.15 bits per heavy atom. The minimum atomic E-state index is -0.244. The van der Waals surface area contributed by atoms with Crippen LogP contribution in [-0.2, 0) is 6.42 Å². The lowest BCUT2D eigenvalue weighted by Crippen LogP contribution is -2.23. The fourth-order valence-corrected chi connectivity index (χ4v) is 2.67. The third-order valence-electron chi connectivity index (χ3n) is 3.02. The largest absolute Gasteiger partial charge is 0.384 e. The van der Waals surface area contributed by atoms with Gasteiger partial charge in [-0.05, 0) is 54.4 Å². The molecule has 0 bridgehead atoms. The molecule has 2 rings (SSSR count). The summed E-state index contributed by atoms with van der Waals surface area (Å²) in [4.78, 5) is 3.98. The summed E-state index contributed by atoms with van der Waals surface area (Å²) in [6.07, 6.45) is 2.42. The smallest absolute Gasteiger partial charge is 0.124 e. The van der Waals surface area contributed by atoms with Gasteiger partial charge in [0.2, 0.25) is 0 Å². The van der Waals surface area contributed by atoms with Crippen LogP contribution < -0.4 is 11.1 Å². The molecule has 5 heteroatoms. The van der Waals surface area contributed by atoms with E-state index in [9.17, 15) is 4.39 Å². The lowest BCUT2D eigenvalue weighted by atomic mass is 9.99. The first-order chi connectivity index (χ1) is 9.58. The normalized spacial score (nSPS) is 12.3. The summed E-state index contributed by atoms with van der Waals surface area (Å²) in [5.41, 5.74) is 7.68. The Morgan fingerprint density at radius 3 is 2.80 bits per heavy atom. The van der Waals surface area contributed by atoms with Crippen LogP contribution in [0.5, 0.6) is 0 Å². The first kappa shape index (κ1) is 14.9. The fourth-order valence-electron chi connectivity index (χ4n) is 2.19. The molecular weight excluding hydrogens is 321 g/mol. The van der Waals surface area contributed by atoms with Crippen molar-refractivity contribution in [2.75, 3.05) is 12.3 Å². The van der Waals surface area contributed by atoms with Crippen LogP contribution in [0.1, 0.15) is 24.1 Å². The van der Waals surface area contributed by atoms with E-state index in [0.717, 1.165) is 28.6 Å². The molecule has 3 N–H and O–H groups in total. The number of halogens is 2. The highest BCUT2D eigenvalue weighted by molar-refractivity contribution is 9.10. The van der Waals surface area contributed by atoms with Gasteiger partial charge in [-0.15, -0.1) is 0 Å². The maximum atomic E-state index is 13.5. The van der Waals surface area contributed by atoms with Crippen molar-refractivity contribution in [2.24, 2.45) is 0 Å². The van der Waals surface area contributed by atoms with Crippen LogP contribution in [0.25, 0.3) is 0 Å². The monoisotopic (exact) mass is 337 g/mol. The summed E-state index contributed by atoms with van der Waals surface area (Å²) >= 11 is 3.33. The molecule has 3 nitrogen and oxygen atoms in total. The number of hydrogen-bond donors (Lipinski definition) is 2. The number of nitrogens with zero attached hydrogens (tertiary/aromatic N) is 1. The highest BCUT2D eigenvalue weighted by Crippen LogP contribution is 2.23. The van der Waals surface area contributed by atoms with Crippen LogP contribution >= 0.6 is 15.9 Å². The Labute approximate surface area is 126 Å². The van der Waals surface area contributed by atoms with E-state index in [2.05, 4.69) is 26.2 Å². The fraction of sp³-hybridized carbons (Fsp3) is 0.267. The number of nitrogen functional groups attached to an aromatic ring is 1. The third kappa shape index (κ3) is 4.02. The van der Waals surface area contributed by atoms with Crippen LogP contribution in [0.2, 0.25) is 0 Å². The Hall–Kier alpha value is -1.46. The number of nitrogens with one attached hydrogen (secondary N) is 1. The molecular formula is C15H17BrFN3. The lowest BCUT2D eigenvalue weighted by molar-refractivity contribution is 0.542. The van der Waals surface area contributed by atoms with Gasteiger partial charge in [-0.1, -0.05) is 22.9 Å². The van der Waals surface area contributed by atoms with E-state index in [1.807, 2.05) is 25.1 Å². The maximum absolute atomic E-state index is 13.5. The Morgan fingerprint density at radius 1 is 1.35 bits per heavy atom. The molecule has 0 aliphatic rings. The number of pyridine rings is 1. The number of benzene rings is 1. The molecule has 0 fully saturated rings. The average molecular weight is 338 g/mol. The van der Waals surface area contributed by atoms with Crippen molar-refractivity contribution in [3.63, 3.8) is 0 Å². The highest BCUT2D eigenvalue weighted by Gasteiger charge is 2.13. The van der Waals surface area contributed by atoms with Gasteiger partial charge in [0.1, 0.15) is 11.6 Å². The zero-order valence-electron chi connectivity index (χ0n) is 11.2. The molecule has 0 amide bonds. The van der Waals surface area contributed by atoms with E-state index >= 15 is 0 Å². The zero-order chi connectivity index (χ0) is 14.5. The molecule has 0 aliphatic carbocycles. The van der Waals surface area contributed by atoms with Crippen molar-refractivity contribution in [3.8, 4) is 0 Å². The topological polar surface area (TPSA) is 50.9 Å². The van der Waals surface area contributed by atoms with E-state index in [1.165, 1.54) is 6.07 Å². The average Bonchev–Trinajstić information content (AvgIpc) is 2.37. The highest BCUT2D eigenvalue weighted by atomic mass is 79.9. The number of likely N-dealkylation sites (N-methyl/N-ethyl adjacent to an activating group) is 1. The third-order valence-corrected chi connectivity index (χ3v) is 3.48. The molecule has 0 radical (unpaired) electrons. The standard InChI is InChI=1S/C15H17BrFN3/c1-2-19-14(5-10-3-4-20-15(18)6-10)11-7-12(16)9-13(17)8-11/h3-4,6-9,14,19H,2,5H2,1H3,(H2,18,20). The quantitative estimate of drug-likeness (QED) is 0.878. The van der Waals surface area contributed by atoms with E-state index < -0.39 is 0 Å². The Balaban J connectivity index is 2.26. The number of nitrogens with two attached hydrogens (primary N) is 1. The van der Waals surface area contributed by atoms with Crippen molar-refractivity contribution < 1.29 is 4.39 Å². The predicted octanol–water partition coefficient (Wildman–Crippen LogP) is 3.46. The summed E-state index contributed by atoms with van der Waals surface area (Å²) in [7, 11) is 0.